The van der Waals surface area contributed by atoms with Crippen molar-refractivity contribution in [1.82, 2.24) is 59.7 Å². The summed E-state index contributed by atoms with van der Waals surface area (Å²) in [6.45, 7) is 16.0. The lowest BCUT2D eigenvalue weighted by Gasteiger charge is -2.43. The Morgan fingerprint density at radius 2 is 1.64 bits per heavy atom. The third kappa shape index (κ3) is 12.4. The highest BCUT2D eigenvalue weighted by Crippen LogP contribution is 2.40. The minimum atomic E-state index is -1.55. The van der Waals surface area contributed by atoms with E-state index >= 15 is 0 Å². The molecule has 4 aliphatic heterocycles. The molecule has 0 aliphatic carbocycles. The molecule has 5 aromatic rings. The molecule has 0 spiro atoms. The van der Waals surface area contributed by atoms with Crippen molar-refractivity contribution in [2.45, 2.75) is 126 Å². The monoisotopic (exact) mass is 1100 g/mol. The fourth-order valence-corrected chi connectivity index (χ4v) is 12.3. The number of anilines is 2. The molecule has 8 heterocycles. The zero-order chi connectivity index (χ0) is 54.6. The number of hydrogen-bond donors (Lipinski definition) is 5. The molecule has 23 heteroatoms. The number of aromatic nitrogens is 8. The summed E-state index contributed by atoms with van der Waals surface area (Å²) in [6.07, 6.45) is 8.95. The van der Waals surface area contributed by atoms with Gasteiger partial charge in [-0.3, -0.25) is 24.0 Å². The number of carbonyl (C=O) groups excluding carboxylic acids is 3. The van der Waals surface area contributed by atoms with Crippen molar-refractivity contribution in [3.05, 3.63) is 83.2 Å². The molecule has 0 saturated carbocycles. The van der Waals surface area contributed by atoms with Gasteiger partial charge in [-0.15, -0.1) is 5.10 Å². The Kier molecular flexibility index (Phi) is 17.5. The van der Waals surface area contributed by atoms with Crippen LogP contribution in [0.15, 0.2) is 71.1 Å². The molecule has 4 atom stereocenters. The number of piperidine rings is 2. The van der Waals surface area contributed by atoms with E-state index in [-0.39, 0.29) is 61.5 Å². The molecule has 3 amide bonds. The molecule has 77 heavy (non-hydrogen) atoms. The van der Waals surface area contributed by atoms with Crippen LogP contribution in [-0.2, 0) is 27.5 Å². The molecule has 414 valence electrons. The minimum absolute atomic E-state index is 0.0314. The van der Waals surface area contributed by atoms with E-state index in [1.165, 1.54) is 16.7 Å². The van der Waals surface area contributed by atoms with Gasteiger partial charge in [-0.2, -0.15) is 5.10 Å². The Hall–Kier alpha value is -5.75. The normalized spacial score (nSPS) is 20.7. The lowest BCUT2D eigenvalue weighted by Crippen LogP contribution is -2.59. The second-order valence-corrected chi connectivity index (χ2v) is 23.2. The van der Waals surface area contributed by atoms with Gasteiger partial charge < -0.3 is 46.0 Å². The molecule has 6 N–H and O–H groups in total. The zero-order valence-electron chi connectivity index (χ0n) is 44.8. The number of pyridine rings is 1. The van der Waals surface area contributed by atoms with Crippen LogP contribution < -0.4 is 20.9 Å². The molecule has 21 nitrogen and oxygen atoms in total. The number of β-amino-alcohol motifs (C(OH)–C–C–N with tert-alkyl or cyclic N) is 1. The zero-order valence-corrected chi connectivity index (χ0v) is 46.4. The second-order valence-electron chi connectivity index (χ2n) is 21.8. The number of aliphatic hydroxyl groups excluding tert-OH is 2. The summed E-state index contributed by atoms with van der Waals surface area (Å²) in [5.74, 6) is 0.157. The third-order valence-electron chi connectivity index (χ3n) is 16.0. The van der Waals surface area contributed by atoms with Crippen LogP contribution in [0.1, 0.15) is 95.3 Å². The van der Waals surface area contributed by atoms with Crippen LogP contribution >= 0.6 is 23.4 Å². The van der Waals surface area contributed by atoms with Crippen molar-refractivity contribution in [2.75, 3.05) is 81.8 Å². The van der Waals surface area contributed by atoms with Crippen LogP contribution in [0.3, 0.4) is 0 Å². The van der Waals surface area contributed by atoms with Crippen LogP contribution in [0.25, 0.3) is 11.3 Å². The second kappa shape index (κ2) is 24.1. The number of aryl methyl sites for hydroxylation is 2. The Morgan fingerprint density at radius 1 is 0.935 bits per heavy atom. The molecule has 4 saturated heterocycles. The van der Waals surface area contributed by atoms with Gasteiger partial charge in [-0.05, 0) is 74.2 Å². The van der Waals surface area contributed by atoms with Crippen molar-refractivity contribution >= 4 is 52.7 Å². The number of halogens is 1. The first-order valence-corrected chi connectivity index (χ1v) is 28.2. The highest BCUT2D eigenvalue weighted by molar-refractivity contribution is 7.99. The molecule has 9 rings (SSSR count). The van der Waals surface area contributed by atoms with E-state index < -0.39 is 29.8 Å². The first-order valence-electron chi connectivity index (χ1n) is 27.0. The van der Waals surface area contributed by atoms with Crippen molar-refractivity contribution in [3.8, 4) is 11.3 Å². The highest BCUT2D eigenvalue weighted by Gasteiger charge is 2.45. The molecule has 4 aliphatic rings. The first-order chi connectivity index (χ1) is 37.0. The van der Waals surface area contributed by atoms with Gasteiger partial charge in [0, 0.05) is 115 Å². The topological polar surface area (TPSA) is 253 Å². The van der Waals surface area contributed by atoms with E-state index in [4.69, 9.17) is 27.3 Å². The van der Waals surface area contributed by atoms with E-state index in [1.54, 1.807) is 41.3 Å². The third-order valence-corrected chi connectivity index (χ3v) is 17.5. The fraction of sp³-hybridized carbons (Fsp3) is 0.574. The number of piperazine rings is 1. The van der Waals surface area contributed by atoms with Crippen LogP contribution in [-0.4, -0.2) is 177 Å². The van der Waals surface area contributed by atoms with E-state index in [0.29, 0.717) is 91.9 Å². The van der Waals surface area contributed by atoms with Crippen molar-refractivity contribution < 1.29 is 29.7 Å². The maximum atomic E-state index is 14.4. The van der Waals surface area contributed by atoms with Gasteiger partial charge in [-0.1, -0.05) is 73.6 Å². The van der Waals surface area contributed by atoms with E-state index in [0.717, 1.165) is 54.2 Å². The molecule has 0 unspecified atom stereocenters. The molecular weight excluding hydrogens is 1020 g/mol. The van der Waals surface area contributed by atoms with Crippen LogP contribution in [0.4, 0.5) is 11.6 Å². The van der Waals surface area contributed by atoms with Crippen molar-refractivity contribution in [3.63, 3.8) is 0 Å². The number of amides is 3. The Morgan fingerprint density at radius 3 is 2.29 bits per heavy atom. The predicted molar refractivity (Wildman–Crippen MR) is 293 cm³/mol. The maximum Gasteiger partial charge on any atom is 0.254 e. The van der Waals surface area contributed by atoms with E-state index in [1.807, 2.05) is 66.8 Å². The fourth-order valence-electron chi connectivity index (χ4n) is 11.2. The number of likely N-dealkylation sites (tertiary alicyclic amines) is 1. The summed E-state index contributed by atoms with van der Waals surface area (Å²) >= 11 is 8.37. The summed E-state index contributed by atoms with van der Waals surface area (Å²) in [6, 6.07) is 9.85. The molecule has 4 fully saturated rings. The summed E-state index contributed by atoms with van der Waals surface area (Å²) in [4.78, 5) is 67.3. The maximum absolute atomic E-state index is 14.4. The van der Waals surface area contributed by atoms with Crippen LogP contribution in [0.2, 0.25) is 5.02 Å². The van der Waals surface area contributed by atoms with Crippen molar-refractivity contribution in [2.24, 2.45) is 17.1 Å². The molecule has 0 bridgehead atoms. The summed E-state index contributed by atoms with van der Waals surface area (Å²) in [5.41, 5.74) is 8.62. The molecule has 4 aromatic heterocycles. The number of carbonyl (C=O) groups is 3. The first kappa shape index (κ1) is 56.0. The minimum Gasteiger partial charge on any atom is -0.391 e. The number of benzene rings is 1. The SMILES string of the molecule is CCn1nccc1-c1ccc([C@H](CCN2CCN(C(=O)C3(O)CCN(c4nccc(Sc5cnc(N6CCC(C)(CN)CC6)c(CO)n5)c4Cl)CC3)CC2)NC(=O)[C@@H]2C[C@@H](O)CN2C(=O)[C@H](C(C)C)n2cc(C)nn2)cc1. The number of aliphatic hydroxyl groups is 3. The van der Waals surface area contributed by atoms with Crippen molar-refractivity contribution in [1.29, 1.82) is 0 Å². The average molecular weight is 1100 g/mol. The Bertz CT molecular complexity index is 2840. The van der Waals surface area contributed by atoms with Gasteiger partial charge in [0.1, 0.15) is 34.2 Å². The van der Waals surface area contributed by atoms with Gasteiger partial charge in [0.25, 0.3) is 5.91 Å². The van der Waals surface area contributed by atoms with Gasteiger partial charge in [0.2, 0.25) is 11.8 Å². The Labute approximate surface area is 459 Å². The molecule has 1 aromatic carbocycles. The highest BCUT2D eigenvalue weighted by atomic mass is 35.5. The largest absolute Gasteiger partial charge is 0.391 e. The summed E-state index contributed by atoms with van der Waals surface area (Å²) in [5, 5.41) is 50.1. The van der Waals surface area contributed by atoms with E-state index in [2.05, 4.69) is 42.4 Å². The number of nitrogens with zero attached hydrogens (tertiary/aromatic N) is 13. The molecule has 0 radical (unpaired) electrons. The summed E-state index contributed by atoms with van der Waals surface area (Å²) in [7, 11) is 0. The number of nitrogens with two attached hydrogens (primary N) is 1. The standard InChI is InChI=1S/C54H74ClN15O6S/c1-6-69-42(11-19-59-69)38-9-7-37(8-10-38)40(61-50(73)43-29-39(72)32-68(43)51(74)47(35(2)3)70-31-36(4)62-63-70)13-20-64-25-27-67(28-26-64)52(75)54(76)16-23-66(24-17-54)49-46(55)44(12-18-57-49)77-45-30-58-48(41(33-71)60-45)65-21-14-53(5,34-56)15-22-65/h7-12,18-19,30-31,35,39-40,43,47,71-72,76H,6,13-17,20-29,32-34,56H2,1-5H3,(H,61,73)/t39-,40+,43+,47+/m1/s1. The predicted octanol–water partition coefficient (Wildman–Crippen LogP) is 4.10. The quantitative estimate of drug-likeness (QED) is 0.0828. The molecular formula is C54H74ClN15O6S. The average Bonchev–Trinajstić information content (AvgIpc) is 4.21. The Balaban J connectivity index is 0.809. The lowest BCUT2D eigenvalue weighted by molar-refractivity contribution is -0.155. The number of nitrogens with one attached hydrogen (secondary N) is 1. The van der Waals surface area contributed by atoms with Crippen LogP contribution in [0, 0.1) is 18.3 Å². The lowest BCUT2D eigenvalue weighted by atomic mass is 9.80. The number of hydrogen-bond acceptors (Lipinski definition) is 17. The smallest absolute Gasteiger partial charge is 0.254 e. The van der Waals surface area contributed by atoms with Crippen LogP contribution in [0.5, 0.6) is 0 Å². The van der Waals surface area contributed by atoms with Gasteiger partial charge >= 0.3 is 0 Å². The summed E-state index contributed by atoms with van der Waals surface area (Å²) < 4.78 is 3.47. The van der Waals surface area contributed by atoms with Gasteiger partial charge in [-0.25, -0.2) is 19.6 Å². The van der Waals surface area contributed by atoms with E-state index in [9.17, 15) is 29.7 Å². The number of rotatable bonds is 18. The van der Waals surface area contributed by atoms with Gasteiger partial charge in [0.05, 0.1) is 41.4 Å². The van der Waals surface area contributed by atoms with Gasteiger partial charge in [0.15, 0.2) is 5.82 Å².